The topological polar surface area (TPSA) is 61.4 Å². The van der Waals surface area contributed by atoms with E-state index < -0.39 is 11.6 Å². The first-order chi connectivity index (χ1) is 14.1. The second-order valence-electron chi connectivity index (χ2n) is 6.65. The quantitative estimate of drug-likeness (QED) is 0.733. The smallest absolute Gasteiger partial charge is 0.272 e. The lowest BCUT2D eigenvalue weighted by molar-refractivity contribution is 0.0740. The minimum Gasteiger partial charge on any atom is -0.368 e. The Bertz CT molecular complexity index is 1010. The molecule has 3 aromatic rings. The number of carbonyl (C=O) groups excluding carboxylic acids is 1. The van der Waals surface area contributed by atoms with Crippen LogP contribution >= 0.6 is 0 Å². The Kier molecular flexibility index (Phi) is 5.33. The van der Waals surface area contributed by atoms with Gasteiger partial charge in [0.2, 0.25) is 0 Å². The van der Waals surface area contributed by atoms with E-state index in [4.69, 9.17) is 0 Å². The average molecular weight is 395 g/mol. The van der Waals surface area contributed by atoms with Crippen LogP contribution in [0.5, 0.6) is 0 Å². The van der Waals surface area contributed by atoms with Gasteiger partial charge in [-0.15, -0.1) is 0 Å². The van der Waals surface area contributed by atoms with E-state index in [-0.39, 0.29) is 23.1 Å². The SMILES string of the molecule is O=C(c1cc(Nc2ccc(F)cc2F)ncn1)N1CCN(c2ccccc2)CC1. The van der Waals surface area contributed by atoms with Crippen molar-refractivity contribution in [2.24, 2.45) is 0 Å². The second-order valence-corrected chi connectivity index (χ2v) is 6.65. The number of hydrogen-bond donors (Lipinski definition) is 1. The predicted octanol–water partition coefficient (Wildman–Crippen LogP) is 3.46. The van der Waals surface area contributed by atoms with E-state index in [9.17, 15) is 13.6 Å². The van der Waals surface area contributed by atoms with Crippen molar-refractivity contribution in [1.82, 2.24) is 14.9 Å². The number of halogens is 2. The van der Waals surface area contributed by atoms with E-state index in [1.807, 2.05) is 18.2 Å². The Morgan fingerprint density at radius 1 is 0.931 bits per heavy atom. The van der Waals surface area contributed by atoms with Crippen molar-refractivity contribution in [2.75, 3.05) is 36.4 Å². The lowest BCUT2D eigenvalue weighted by Crippen LogP contribution is -2.49. The van der Waals surface area contributed by atoms with E-state index in [0.29, 0.717) is 13.1 Å². The molecule has 0 atom stereocenters. The lowest BCUT2D eigenvalue weighted by atomic mass is 10.2. The molecule has 0 bridgehead atoms. The third-order valence-corrected chi connectivity index (χ3v) is 4.77. The van der Waals surface area contributed by atoms with Gasteiger partial charge in [-0.25, -0.2) is 18.7 Å². The summed E-state index contributed by atoms with van der Waals surface area (Å²) in [7, 11) is 0. The van der Waals surface area contributed by atoms with Crippen molar-refractivity contribution < 1.29 is 13.6 Å². The van der Waals surface area contributed by atoms with E-state index in [2.05, 4.69) is 32.3 Å². The van der Waals surface area contributed by atoms with Gasteiger partial charge in [0.15, 0.2) is 0 Å². The van der Waals surface area contributed by atoms with Crippen LogP contribution in [0.15, 0.2) is 60.9 Å². The molecule has 1 saturated heterocycles. The molecule has 2 aromatic carbocycles. The Hall–Kier alpha value is -3.55. The summed E-state index contributed by atoms with van der Waals surface area (Å²) in [4.78, 5) is 24.9. The zero-order chi connectivity index (χ0) is 20.2. The summed E-state index contributed by atoms with van der Waals surface area (Å²) < 4.78 is 26.9. The number of carbonyl (C=O) groups is 1. The molecule has 4 rings (SSSR count). The molecule has 1 aliphatic rings. The largest absolute Gasteiger partial charge is 0.368 e. The van der Waals surface area contributed by atoms with Gasteiger partial charge in [-0.3, -0.25) is 4.79 Å². The number of piperazine rings is 1. The van der Waals surface area contributed by atoms with Gasteiger partial charge in [0.05, 0.1) is 5.69 Å². The molecule has 0 saturated carbocycles. The molecule has 1 N–H and O–H groups in total. The Morgan fingerprint density at radius 3 is 2.41 bits per heavy atom. The van der Waals surface area contributed by atoms with Crippen molar-refractivity contribution in [3.8, 4) is 0 Å². The molecule has 1 aromatic heterocycles. The van der Waals surface area contributed by atoms with Crippen LogP contribution in [0.3, 0.4) is 0 Å². The maximum absolute atomic E-state index is 13.8. The monoisotopic (exact) mass is 395 g/mol. The van der Waals surface area contributed by atoms with Gasteiger partial charge in [-0.05, 0) is 24.3 Å². The summed E-state index contributed by atoms with van der Waals surface area (Å²) in [6.45, 7) is 2.61. The molecule has 148 valence electrons. The van der Waals surface area contributed by atoms with Crippen molar-refractivity contribution in [3.63, 3.8) is 0 Å². The van der Waals surface area contributed by atoms with E-state index >= 15 is 0 Å². The highest BCUT2D eigenvalue weighted by Crippen LogP contribution is 2.20. The summed E-state index contributed by atoms with van der Waals surface area (Å²) >= 11 is 0. The highest BCUT2D eigenvalue weighted by molar-refractivity contribution is 5.93. The second kappa shape index (κ2) is 8.22. The van der Waals surface area contributed by atoms with Crippen LogP contribution in [0.2, 0.25) is 0 Å². The van der Waals surface area contributed by atoms with Gasteiger partial charge >= 0.3 is 0 Å². The van der Waals surface area contributed by atoms with Crippen molar-refractivity contribution in [3.05, 3.63) is 78.3 Å². The zero-order valence-corrected chi connectivity index (χ0v) is 15.6. The van der Waals surface area contributed by atoms with Crippen LogP contribution in [0.4, 0.5) is 26.0 Å². The summed E-state index contributed by atoms with van der Waals surface area (Å²) in [5.41, 5.74) is 1.42. The van der Waals surface area contributed by atoms with Gasteiger partial charge in [0, 0.05) is 44.0 Å². The maximum atomic E-state index is 13.8. The van der Waals surface area contributed by atoms with Crippen LogP contribution in [0, 0.1) is 11.6 Å². The number of amides is 1. The van der Waals surface area contributed by atoms with Crippen LogP contribution in [-0.4, -0.2) is 47.0 Å². The fraction of sp³-hybridized carbons (Fsp3) is 0.190. The third-order valence-electron chi connectivity index (χ3n) is 4.77. The first-order valence-electron chi connectivity index (χ1n) is 9.23. The molecule has 1 aliphatic heterocycles. The molecule has 8 heteroatoms. The van der Waals surface area contributed by atoms with Crippen molar-refractivity contribution in [1.29, 1.82) is 0 Å². The summed E-state index contributed by atoms with van der Waals surface area (Å²) in [6.07, 6.45) is 1.25. The standard InChI is InChI=1S/C21H19F2N5O/c22-15-6-7-18(17(23)12-15)26-20-13-19(24-14-25-20)21(29)28-10-8-27(9-11-28)16-4-2-1-3-5-16/h1-7,12-14H,8-11H2,(H,24,25,26). The molecular formula is C21H19F2N5O. The van der Waals surface area contributed by atoms with E-state index in [0.717, 1.165) is 30.9 Å². The number of rotatable bonds is 4. The zero-order valence-electron chi connectivity index (χ0n) is 15.6. The van der Waals surface area contributed by atoms with Gasteiger partial charge < -0.3 is 15.1 Å². The molecule has 0 radical (unpaired) electrons. The van der Waals surface area contributed by atoms with Crippen molar-refractivity contribution in [2.45, 2.75) is 0 Å². The minimum absolute atomic E-state index is 0.0694. The number of para-hydroxylation sites is 1. The molecular weight excluding hydrogens is 376 g/mol. The predicted molar refractivity (Wildman–Crippen MR) is 106 cm³/mol. The fourth-order valence-electron chi connectivity index (χ4n) is 3.24. The van der Waals surface area contributed by atoms with Gasteiger partial charge in [0.25, 0.3) is 5.91 Å². The summed E-state index contributed by atoms with van der Waals surface area (Å²) in [5, 5.41) is 2.75. The molecule has 6 nitrogen and oxygen atoms in total. The fourth-order valence-corrected chi connectivity index (χ4v) is 3.24. The first-order valence-corrected chi connectivity index (χ1v) is 9.23. The minimum atomic E-state index is -0.742. The van der Waals surface area contributed by atoms with Gasteiger partial charge in [-0.2, -0.15) is 0 Å². The maximum Gasteiger partial charge on any atom is 0.272 e. The van der Waals surface area contributed by atoms with Crippen LogP contribution in [0.25, 0.3) is 0 Å². The number of hydrogen-bond acceptors (Lipinski definition) is 5. The average Bonchev–Trinajstić information content (AvgIpc) is 2.76. The molecule has 2 heterocycles. The van der Waals surface area contributed by atoms with Crippen LogP contribution in [-0.2, 0) is 0 Å². The molecule has 0 unspecified atom stereocenters. The number of anilines is 3. The van der Waals surface area contributed by atoms with Gasteiger partial charge in [0.1, 0.15) is 29.5 Å². The molecule has 0 aliphatic carbocycles. The van der Waals surface area contributed by atoms with E-state index in [1.54, 1.807) is 4.90 Å². The highest BCUT2D eigenvalue weighted by Gasteiger charge is 2.23. The van der Waals surface area contributed by atoms with Crippen molar-refractivity contribution >= 4 is 23.1 Å². The Balaban J connectivity index is 1.42. The molecule has 1 fully saturated rings. The van der Waals surface area contributed by atoms with Crippen LogP contribution < -0.4 is 10.2 Å². The third kappa shape index (κ3) is 4.31. The number of benzene rings is 2. The van der Waals surface area contributed by atoms with Gasteiger partial charge in [-0.1, -0.05) is 18.2 Å². The number of nitrogens with one attached hydrogen (secondary N) is 1. The lowest BCUT2D eigenvalue weighted by Gasteiger charge is -2.36. The summed E-state index contributed by atoms with van der Waals surface area (Å²) in [5.74, 6) is -1.35. The Morgan fingerprint density at radius 2 is 1.69 bits per heavy atom. The first kappa shape index (κ1) is 18.8. The van der Waals surface area contributed by atoms with Crippen LogP contribution in [0.1, 0.15) is 10.5 Å². The molecule has 1 amide bonds. The normalized spacial score (nSPS) is 14.0. The van der Waals surface area contributed by atoms with E-state index in [1.165, 1.54) is 18.5 Å². The Labute approximate surface area is 166 Å². The number of aromatic nitrogens is 2. The summed E-state index contributed by atoms with van der Waals surface area (Å²) in [6, 6.07) is 14.7. The molecule has 29 heavy (non-hydrogen) atoms. The number of nitrogens with zero attached hydrogens (tertiary/aromatic N) is 4. The highest BCUT2D eigenvalue weighted by atomic mass is 19.1. The molecule has 0 spiro atoms.